The predicted molar refractivity (Wildman–Crippen MR) is 85.6 cm³/mol. The number of benzene rings is 2. The van der Waals surface area contributed by atoms with Crippen LogP contribution in [0.5, 0.6) is 0 Å². The second kappa shape index (κ2) is 4.99. The zero-order valence-electron chi connectivity index (χ0n) is 11.2. The van der Waals surface area contributed by atoms with Gasteiger partial charge in [0, 0.05) is 33.9 Å². The Morgan fingerprint density at radius 2 is 1.89 bits per heavy atom. The van der Waals surface area contributed by atoms with Gasteiger partial charge in [-0.25, -0.2) is 0 Å². The van der Waals surface area contributed by atoms with E-state index < -0.39 is 0 Å². The van der Waals surface area contributed by atoms with Gasteiger partial charge in [0.25, 0.3) is 0 Å². The van der Waals surface area contributed by atoms with E-state index in [1.807, 2.05) is 7.05 Å². The van der Waals surface area contributed by atoms with Crippen LogP contribution in [0.4, 0.5) is 0 Å². The number of aryl methyl sites for hydroxylation is 1. The smallest absolute Gasteiger partial charge is 0.0502 e. The van der Waals surface area contributed by atoms with Gasteiger partial charge in [-0.3, -0.25) is 0 Å². The third kappa shape index (κ3) is 2.07. The molecule has 0 spiro atoms. The molecule has 0 saturated carbocycles. The van der Waals surface area contributed by atoms with Gasteiger partial charge in [-0.05, 0) is 43.8 Å². The topological polar surface area (TPSA) is 17.0 Å². The molecule has 0 bridgehead atoms. The van der Waals surface area contributed by atoms with Crippen molar-refractivity contribution in [1.29, 1.82) is 0 Å². The van der Waals surface area contributed by atoms with Gasteiger partial charge in [-0.15, -0.1) is 0 Å². The maximum Gasteiger partial charge on any atom is 0.0502 e. The number of nitrogens with zero attached hydrogens (tertiary/aromatic N) is 1. The summed E-state index contributed by atoms with van der Waals surface area (Å²) >= 11 is 3.57. The van der Waals surface area contributed by atoms with E-state index in [1.165, 1.54) is 27.4 Å². The normalized spacial score (nSPS) is 11.5. The molecule has 2 aromatic carbocycles. The standard InChI is InChI=1S/C16H17BrN2/c1-3-19-15-7-4-11(10-18-2)8-14(15)13-6-5-12(17)9-16(13)19/h4-9,18H,3,10H2,1-2H3. The molecule has 0 radical (unpaired) electrons. The van der Waals surface area contributed by atoms with Crippen LogP contribution in [0.2, 0.25) is 0 Å². The lowest BCUT2D eigenvalue weighted by Crippen LogP contribution is -2.04. The van der Waals surface area contributed by atoms with Gasteiger partial charge in [0.15, 0.2) is 0 Å². The fraction of sp³-hybridized carbons (Fsp3) is 0.250. The van der Waals surface area contributed by atoms with E-state index >= 15 is 0 Å². The van der Waals surface area contributed by atoms with Crippen LogP contribution in [0.25, 0.3) is 21.8 Å². The zero-order chi connectivity index (χ0) is 13.4. The van der Waals surface area contributed by atoms with Crippen LogP contribution in [-0.2, 0) is 13.1 Å². The summed E-state index contributed by atoms with van der Waals surface area (Å²) in [5, 5.41) is 5.89. The zero-order valence-corrected chi connectivity index (χ0v) is 12.8. The molecule has 3 rings (SSSR count). The van der Waals surface area contributed by atoms with E-state index in [0.717, 1.165) is 17.6 Å². The van der Waals surface area contributed by atoms with Crippen LogP contribution in [-0.4, -0.2) is 11.6 Å². The van der Waals surface area contributed by atoms with E-state index in [9.17, 15) is 0 Å². The number of aromatic nitrogens is 1. The van der Waals surface area contributed by atoms with Gasteiger partial charge in [0.05, 0.1) is 5.52 Å². The molecule has 0 unspecified atom stereocenters. The molecule has 0 aliphatic heterocycles. The van der Waals surface area contributed by atoms with Crippen molar-refractivity contribution in [2.75, 3.05) is 7.05 Å². The highest BCUT2D eigenvalue weighted by atomic mass is 79.9. The van der Waals surface area contributed by atoms with Crippen LogP contribution < -0.4 is 5.32 Å². The molecule has 98 valence electrons. The van der Waals surface area contributed by atoms with Gasteiger partial charge in [0.1, 0.15) is 0 Å². The summed E-state index contributed by atoms with van der Waals surface area (Å²) in [5.74, 6) is 0. The van der Waals surface area contributed by atoms with Crippen molar-refractivity contribution in [3.63, 3.8) is 0 Å². The Bertz CT molecular complexity index is 743. The summed E-state index contributed by atoms with van der Waals surface area (Å²) in [6.07, 6.45) is 0. The summed E-state index contributed by atoms with van der Waals surface area (Å²) in [6.45, 7) is 4.09. The molecule has 1 N–H and O–H groups in total. The van der Waals surface area contributed by atoms with Crippen LogP contribution in [0.15, 0.2) is 40.9 Å². The van der Waals surface area contributed by atoms with Crippen LogP contribution in [0.3, 0.4) is 0 Å². The summed E-state index contributed by atoms with van der Waals surface area (Å²) in [5.41, 5.74) is 3.94. The molecule has 0 aliphatic rings. The van der Waals surface area contributed by atoms with Crippen molar-refractivity contribution in [3.8, 4) is 0 Å². The highest BCUT2D eigenvalue weighted by Crippen LogP contribution is 2.31. The average Bonchev–Trinajstić information content (AvgIpc) is 2.71. The third-order valence-corrected chi connectivity index (χ3v) is 4.08. The Morgan fingerprint density at radius 1 is 1.05 bits per heavy atom. The van der Waals surface area contributed by atoms with Gasteiger partial charge < -0.3 is 9.88 Å². The number of hydrogen-bond donors (Lipinski definition) is 1. The van der Waals surface area contributed by atoms with Gasteiger partial charge in [-0.1, -0.05) is 28.1 Å². The molecule has 0 saturated heterocycles. The minimum Gasteiger partial charge on any atom is -0.341 e. The Balaban J connectivity index is 2.38. The molecular weight excluding hydrogens is 300 g/mol. The van der Waals surface area contributed by atoms with Crippen molar-refractivity contribution in [2.45, 2.75) is 20.0 Å². The maximum absolute atomic E-state index is 3.57. The molecule has 1 aromatic heterocycles. The Morgan fingerprint density at radius 3 is 2.63 bits per heavy atom. The first-order valence-electron chi connectivity index (χ1n) is 6.59. The summed E-state index contributed by atoms with van der Waals surface area (Å²) < 4.78 is 3.51. The minimum atomic E-state index is 0.908. The second-order valence-corrected chi connectivity index (χ2v) is 5.70. The van der Waals surface area contributed by atoms with E-state index in [2.05, 4.69) is 69.1 Å². The number of nitrogens with one attached hydrogen (secondary N) is 1. The Labute approximate surface area is 121 Å². The molecule has 2 nitrogen and oxygen atoms in total. The van der Waals surface area contributed by atoms with Crippen molar-refractivity contribution in [1.82, 2.24) is 9.88 Å². The van der Waals surface area contributed by atoms with Gasteiger partial charge in [-0.2, -0.15) is 0 Å². The quantitative estimate of drug-likeness (QED) is 0.762. The number of hydrogen-bond acceptors (Lipinski definition) is 1. The fourth-order valence-electron chi connectivity index (χ4n) is 2.77. The molecular formula is C16H17BrN2. The molecule has 3 heteroatoms. The highest BCUT2D eigenvalue weighted by molar-refractivity contribution is 9.10. The molecule has 19 heavy (non-hydrogen) atoms. The average molecular weight is 317 g/mol. The van der Waals surface area contributed by atoms with Crippen molar-refractivity contribution in [2.24, 2.45) is 0 Å². The summed E-state index contributed by atoms with van der Waals surface area (Å²) in [7, 11) is 1.98. The van der Waals surface area contributed by atoms with Crippen LogP contribution >= 0.6 is 15.9 Å². The predicted octanol–water partition coefficient (Wildman–Crippen LogP) is 4.30. The summed E-state index contributed by atoms with van der Waals surface area (Å²) in [6, 6.07) is 13.3. The highest BCUT2D eigenvalue weighted by Gasteiger charge is 2.10. The molecule has 0 amide bonds. The minimum absolute atomic E-state index is 0.908. The van der Waals surface area contributed by atoms with E-state index in [4.69, 9.17) is 0 Å². The SMILES string of the molecule is CCn1c2ccc(CNC)cc2c2ccc(Br)cc21. The molecule has 3 aromatic rings. The first-order valence-corrected chi connectivity index (χ1v) is 7.39. The monoisotopic (exact) mass is 316 g/mol. The lowest BCUT2D eigenvalue weighted by molar-refractivity contribution is 0.815. The molecule has 0 atom stereocenters. The lowest BCUT2D eigenvalue weighted by Gasteiger charge is -2.04. The molecule has 0 aliphatic carbocycles. The molecule has 1 heterocycles. The second-order valence-electron chi connectivity index (χ2n) is 4.79. The van der Waals surface area contributed by atoms with Crippen LogP contribution in [0, 0.1) is 0 Å². The fourth-order valence-corrected chi connectivity index (χ4v) is 3.12. The number of halogens is 1. The maximum atomic E-state index is 3.57. The van der Waals surface area contributed by atoms with E-state index in [1.54, 1.807) is 0 Å². The van der Waals surface area contributed by atoms with Gasteiger partial charge >= 0.3 is 0 Å². The van der Waals surface area contributed by atoms with E-state index in [-0.39, 0.29) is 0 Å². The Hall–Kier alpha value is -1.32. The number of rotatable bonds is 3. The van der Waals surface area contributed by atoms with Gasteiger partial charge in [0.2, 0.25) is 0 Å². The number of fused-ring (bicyclic) bond motifs is 3. The van der Waals surface area contributed by atoms with Crippen molar-refractivity contribution < 1.29 is 0 Å². The summed E-state index contributed by atoms with van der Waals surface area (Å²) in [4.78, 5) is 0. The lowest BCUT2D eigenvalue weighted by atomic mass is 10.1. The van der Waals surface area contributed by atoms with E-state index in [0.29, 0.717) is 0 Å². The first kappa shape index (κ1) is 12.7. The first-order chi connectivity index (χ1) is 9.24. The largest absolute Gasteiger partial charge is 0.341 e. The molecule has 0 fully saturated rings. The third-order valence-electron chi connectivity index (χ3n) is 3.59. The van der Waals surface area contributed by atoms with Crippen LogP contribution in [0.1, 0.15) is 12.5 Å². The Kier molecular flexibility index (Phi) is 3.33. The van der Waals surface area contributed by atoms with Crippen molar-refractivity contribution >= 4 is 37.7 Å². The van der Waals surface area contributed by atoms with Crippen molar-refractivity contribution in [3.05, 3.63) is 46.4 Å².